The number of benzene rings is 1. The fourth-order valence-electron chi connectivity index (χ4n) is 5.40. The van der Waals surface area contributed by atoms with Crippen molar-refractivity contribution in [3.63, 3.8) is 0 Å². The van der Waals surface area contributed by atoms with E-state index in [0.29, 0.717) is 18.1 Å². The predicted molar refractivity (Wildman–Crippen MR) is 127 cm³/mol. The van der Waals surface area contributed by atoms with Crippen molar-refractivity contribution in [3.8, 4) is 11.4 Å². The molecule has 6 nitrogen and oxygen atoms in total. The van der Waals surface area contributed by atoms with Crippen LogP contribution >= 0.6 is 0 Å². The molecule has 1 aromatic carbocycles. The van der Waals surface area contributed by atoms with Gasteiger partial charge in [-0.15, -0.1) is 0 Å². The van der Waals surface area contributed by atoms with Crippen LogP contribution < -0.4 is 4.74 Å². The van der Waals surface area contributed by atoms with Gasteiger partial charge in [-0.3, -0.25) is 9.69 Å². The van der Waals surface area contributed by atoms with Gasteiger partial charge in [-0.1, -0.05) is 0 Å². The number of aromatic nitrogens is 1. The SMILES string of the molecule is COc1ccc(-n2c(C)cc(C(=O)N3CCC(CN4CC(C)OC(C)C4)CC3)c2C)cc1. The van der Waals surface area contributed by atoms with Crippen molar-refractivity contribution in [1.82, 2.24) is 14.4 Å². The van der Waals surface area contributed by atoms with E-state index >= 15 is 0 Å². The molecule has 2 saturated heterocycles. The Bertz CT molecular complexity index is 919. The minimum Gasteiger partial charge on any atom is -0.497 e. The van der Waals surface area contributed by atoms with Crippen LogP contribution in [0.4, 0.5) is 0 Å². The molecule has 32 heavy (non-hydrogen) atoms. The number of ether oxygens (including phenoxy) is 2. The summed E-state index contributed by atoms with van der Waals surface area (Å²) < 4.78 is 13.3. The molecule has 2 fully saturated rings. The molecule has 2 aliphatic heterocycles. The largest absolute Gasteiger partial charge is 0.497 e. The van der Waals surface area contributed by atoms with E-state index in [4.69, 9.17) is 9.47 Å². The van der Waals surface area contributed by atoms with Crippen molar-refractivity contribution < 1.29 is 14.3 Å². The van der Waals surface area contributed by atoms with Crippen molar-refractivity contribution >= 4 is 5.91 Å². The third-order valence-electron chi connectivity index (χ3n) is 6.91. The van der Waals surface area contributed by atoms with Gasteiger partial charge >= 0.3 is 0 Å². The van der Waals surface area contributed by atoms with E-state index in [1.165, 1.54) is 0 Å². The highest BCUT2D eigenvalue weighted by atomic mass is 16.5. The zero-order valence-electron chi connectivity index (χ0n) is 20.1. The van der Waals surface area contributed by atoms with Crippen molar-refractivity contribution in [2.24, 2.45) is 5.92 Å². The van der Waals surface area contributed by atoms with Crippen LogP contribution in [-0.2, 0) is 4.74 Å². The van der Waals surface area contributed by atoms with E-state index in [9.17, 15) is 4.79 Å². The van der Waals surface area contributed by atoms with E-state index in [1.54, 1.807) is 7.11 Å². The Morgan fingerprint density at radius 2 is 1.69 bits per heavy atom. The highest BCUT2D eigenvalue weighted by Gasteiger charge is 2.29. The third-order valence-corrected chi connectivity index (χ3v) is 6.91. The van der Waals surface area contributed by atoms with Gasteiger partial charge in [0, 0.05) is 49.8 Å². The Labute approximate surface area is 192 Å². The summed E-state index contributed by atoms with van der Waals surface area (Å²) in [5.74, 6) is 1.64. The minimum absolute atomic E-state index is 0.157. The lowest BCUT2D eigenvalue weighted by Crippen LogP contribution is -2.48. The maximum absolute atomic E-state index is 13.4. The van der Waals surface area contributed by atoms with Crippen LogP contribution in [0.15, 0.2) is 30.3 Å². The summed E-state index contributed by atoms with van der Waals surface area (Å²) in [4.78, 5) is 18.0. The smallest absolute Gasteiger partial charge is 0.255 e. The summed E-state index contributed by atoms with van der Waals surface area (Å²) in [5.41, 5.74) is 3.93. The second-order valence-corrected chi connectivity index (χ2v) is 9.53. The average Bonchev–Trinajstić information content (AvgIpc) is 3.07. The summed E-state index contributed by atoms with van der Waals surface area (Å²) in [5, 5.41) is 0. The maximum Gasteiger partial charge on any atom is 0.255 e. The summed E-state index contributed by atoms with van der Waals surface area (Å²) >= 11 is 0. The number of likely N-dealkylation sites (tertiary alicyclic amines) is 1. The van der Waals surface area contributed by atoms with Gasteiger partial charge < -0.3 is 18.9 Å². The Kier molecular flexibility index (Phi) is 6.91. The number of hydrogen-bond donors (Lipinski definition) is 0. The van der Waals surface area contributed by atoms with Gasteiger partial charge in [0.15, 0.2) is 0 Å². The van der Waals surface area contributed by atoms with E-state index in [1.807, 2.05) is 42.2 Å². The molecule has 1 amide bonds. The van der Waals surface area contributed by atoms with Crippen LogP contribution in [0.25, 0.3) is 5.69 Å². The van der Waals surface area contributed by atoms with Gasteiger partial charge in [0.25, 0.3) is 5.91 Å². The summed E-state index contributed by atoms with van der Waals surface area (Å²) in [6.07, 6.45) is 2.76. The molecule has 0 radical (unpaired) electrons. The fraction of sp³-hybridized carbons (Fsp3) is 0.577. The number of aryl methyl sites for hydroxylation is 1. The molecule has 6 heteroatoms. The molecule has 0 bridgehead atoms. The van der Waals surface area contributed by atoms with Crippen molar-refractivity contribution in [3.05, 3.63) is 47.3 Å². The molecule has 2 aliphatic rings. The van der Waals surface area contributed by atoms with Crippen LogP contribution in [0.1, 0.15) is 48.4 Å². The number of carbonyl (C=O) groups excluding carboxylic acids is 1. The monoisotopic (exact) mass is 439 g/mol. The Hall–Kier alpha value is -2.31. The summed E-state index contributed by atoms with van der Waals surface area (Å²) in [7, 11) is 1.67. The number of nitrogens with zero attached hydrogens (tertiary/aromatic N) is 3. The van der Waals surface area contributed by atoms with Gasteiger partial charge in [0.2, 0.25) is 0 Å². The molecular weight excluding hydrogens is 402 g/mol. The molecule has 3 heterocycles. The Morgan fingerprint density at radius 3 is 2.28 bits per heavy atom. The van der Waals surface area contributed by atoms with E-state index in [0.717, 1.165) is 74.0 Å². The minimum atomic E-state index is 0.157. The van der Waals surface area contributed by atoms with Crippen molar-refractivity contribution in [1.29, 1.82) is 0 Å². The quantitative estimate of drug-likeness (QED) is 0.705. The maximum atomic E-state index is 13.4. The molecule has 2 unspecified atom stereocenters. The molecular formula is C26H37N3O3. The van der Waals surface area contributed by atoms with Gasteiger partial charge in [-0.05, 0) is 76.8 Å². The molecule has 0 aliphatic carbocycles. The van der Waals surface area contributed by atoms with E-state index < -0.39 is 0 Å². The normalized spacial score (nSPS) is 22.8. The molecule has 4 rings (SSSR count). The van der Waals surface area contributed by atoms with E-state index in [-0.39, 0.29) is 5.91 Å². The highest BCUT2D eigenvalue weighted by molar-refractivity contribution is 5.96. The molecule has 0 spiro atoms. The number of piperidine rings is 1. The second kappa shape index (κ2) is 9.67. The van der Waals surface area contributed by atoms with Crippen LogP contribution in [0.5, 0.6) is 5.75 Å². The lowest BCUT2D eigenvalue weighted by molar-refractivity contribution is -0.0728. The standard InChI is InChI=1S/C26H37N3O3/c1-18-14-25(21(4)29(18)23-6-8-24(31-5)9-7-23)26(30)28-12-10-22(11-13-28)17-27-15-19(2)32-20(3)16-27/h6-9,14,19-20,22H,10-13,15-17H2,1-5H3. The Morgan fingerprint density at radius 1 is 1.06 bits per heavy atom. The summed E-state index contributed by atoms with van der Waals surface area (Å²) in [6, 6.07) is 10.0. The Balaban J connectivity index is 1.39. The number of methoxy groups -OCH3 is 1. The second-order valence-electron chi connectivity index (χ2n) is 9.53. The first kappa shape index (κ1) is 22.9. The van der Waals surface area contributed by atoms with Crippen molar-refractivity contribution in [2.75, 3.05) is 39.8 Å². The lowest BCUT2D eigenvalue weighted by atomic mass is 9.95. The first-order valence-electron chi connectivity index (χ1n) is 11.9. The number of amides is 1. The first-order valence-corrected chi connectivity index (χ1v) is 11.9. The van der Waals surface area contributed by atoms with Gasteiger partial charge in [-0.25, -0.2) is 0 Å². The molecule has 174 valence electrons. The fourth-order valence-corrected chi connectivity index (χ4v) is 5.40. The predicted octanol–water partition coefficient (Wildman–Crippen LogP) is 4.06. The third kappa shape index (κ3) is 4.86. The van der Waals surface area contributed by atoms with Gasteiger partial charge in [0.1, 0.15) is 5.75 Å². The van der Waals surface area contributed by atoms with E-state index in [2.05, 4.69) is 30.2 Å². The van der Waals surface area contributed by atoms with Gasteiger partial charge in [-0.2, -0.15) is 0 Å². The van der Waals surface area contributed by atoms with Crippen LogP contribution in [-0.4, -0.2) is 72.3 Å². The number of rotatable bonds is 5. The number of hydrogen-bond acceptors (Lipinski definition) is 4. The van der Waals surface area contributed by atoms with Crippen LogP contribution in [0, 0.1) is 19.8 Å². The molecule has 0 N–H and O–H groups in total. The van der Waals surface area contributed by atoms with Crippen LogP contribution in [0.2, 0.25) is 0 Å². The molecule has 1 aromatic heterocycles. The zero-order valence-corrected chi connectivity index (χ0v) is 20.1. The topological polar surface area (TPSA) is 46.9 Å². The zero-order chi connectivity index (χ0) is 22.8. The molecule has 2 atom stereocenters. The average molecular weight is 440 g/mol. The van der Waals surface area contributed by atoms with Gasteiger partial charge in [0.05, 0.1) is 24.9 Å². The lowest BCUT2D eigenvalue weighted by Gasteiger charge is -2.39. The van der Waals surface area contributed by atoms with Crippen molar-refractivity contribution in [2.45, 2.75) is 52.7 Å². The summed E-state index contributed by atoms with van der Waals surface area (Å²) in [6.45, 7) is 13.2. The number of morpholine rings is 1. The molecule has 0 saturated carbocycles. The highest BCUT2D eigenvalue weighted by Crippen LogP contribution is 2.26. The van der Waals surface area contributed by atoms with Crippen LogP contribution in [0.3, 0.4) is 0 Å². The number of carbonyl (C=O) groups is 1. The molecule has 2 aromatic rings. The first-order chi connectivity index (χ1) is 15.4.